The van der Waals surface area contributed by atoms with Crippen LogP contribution in [0.3, 0.4) is 0 Å². The summed E-state index contributed by atoms with van der Waals surface area (Å²) in [6, 6.07) is 11.0. The number of nitrogens with one attached hydrogen (secondary N) is 1. The molecular formula is C23H30N6O4S. The van der Waals surface area contributed by atoms with Crippen LogP contribution in [0.15, 0.2) is 42.6 Å². The molecule has 5 N–H and O–H groups in total. The fourth-order valence-corrected chi connectivity index (χ4v) is 4.10. The molecule has 34 heavy (non-hydrogen) atoms. The Balaban J connectivity index is 2.18. The Morgan fingerprint density at radius 3 is 2.35 bits per heavy atom. The smallest absolute Gasteiger partial charge is 0.384 e. The molecule has 182 valence electrons. The van der Waals surface area contributed by atoms with Crippen LogP contribution in [0.2, 0.25) is 0 Å². The molecule has 0 saturated heterocycles. The third-order valence-corrected chi connectivity index (χ3v) is 6.63. The van der Waals surface area contributed by atoms with Gasteiger partial charge in [-0.15, -0.1) is 0 Å². The molecule has 0 aliphatic carbocycles. The predicted molar refractivity (Wildman–Crippen MR) is 134 cm³/mol. The summed E-state index contributed by atoms with van der Waals surface area (Å²) in [5.41, 5.74) is 15.2. The van der Waals surface area contributed by atoms with Crippen molar-refractivity contribution in [2.45, 2.75) is 20.3 Å². The summed E-state index contributed by atoms with van der Waals surface area (Å²) in [6.45, 7) is 4.21. The van der Waals surface area contributed by atoms with E-state index in [0.717, 1.165) is 15.6 Å². The second-order valence-electron chi connectivity index (χ2n) is 7.50. The first-order valence-corrected chi connectivity index (χ1v) is 12.2. The topological polar surface area (TPSA) is 146 Å². The van der Waals surface area contributed by atoms with Crippen LogP contribution in [-0.2, 0) is 16.7 Å². The number of benzene rings is 2. The summed E-state index contributed by atoms with van der Waals surface area (Å²) in [4.78, 5) is 8.01. The summed E-state index contributed by atoms with van der Waals surface area (Å²) >= 11 is 0. The highest BCUT2D eigenvalue weighted by Gasteiger charge is 2.24. The van der Waals surface area contributed by atoms with Gasteiger partial charge in [0.2, 0.25) is 5.95 Å². The molecule has 11 heteroatoms. The summed E-state index contributed by atoms with van der Waals surface area (Å²) in [5, 5.41) is 3.07. The lowest BCUT2D eigenvalue weighted by molar-refractivity contribution is 0.339. The van der Waals surface area contributed by atoms with Gasteiger partial charge in [0.25, 0.3) is 0 Å². The largest absolute Gasteiger partial charge is 0.493 e. The van der Waals surface area contributed by atoms with Gasteiger partial charge in [-0.3, -0.25) is 0 Å². The lowest BCUT2D eigenvalue weighted by atomic mass is 9.98. The van der Waals surface area contributed by atoms with E-state index in [1.807, 2.05) is 44.3 Å². The van der Waals surface area contributed by atoms with Gasteiger partial charge in [0.05, 0.1) is 12.2 Å². The van der Waals surface area contributed by atoms with Crippen molar-refractivity contribution in [1.82, 2.24) is 14.3 Å². The van der Waals surface area contributed by atoms with Gasteiger partial charge in [-0.1, -0.05) is 19.1 Å². The number of anilines is 3. The first-order valence-electron chi connectivity index (χ1n) is 10.8. The number of aromatic nitrogens is 2. The predicted octanol–water partition coefficient (Wildman–Crippen LogP) is 2.91. The molecule has 3 aromatic rings. The van der Waals surface area contributed by atoms with Crippen LogP contribution in [0.5, 0.6) is 11.5 Å². The highest BCUT2D eigenvalue weighted by molar-refractivity contribution is 7.84. The highest BCUT2D eigenvalue weighted by Crippen LogP contribution is 2.41. The van der Waals surface area contributed by atoms with Gasteiger partial charge in [-0.25, -0.2) is 4.98 Å². The van der Waals surface area contributed by atoms with Crippen molar-refractivity contribution in [2.24, 2.45) is 0 Å². The van der Waals surface area contributed by atoms with Crippen LogP contribution >= 0.6 is 0 Å². The number of hydrogen-bond donors (Lipinski definition) is 3. The van der Waals surface area contributed by atoms with Crippen LogP contribution < -0.4 is 25.7 Å². The Kier molecular flexibility index (Phi) is 7.79. The van der Waals surface area contributed by atoms with Crippen molar-refractivity contribution >= 4 is 27.8 Å². The van der Waals surface area contributed by atoms with E-state index in [-0.39, 0.29) is 24.1 Å². The lowest BCUT2D eigenvalue weighted by Gasteiger charge is -2.20. The molecule has 0 saturated carbocycles. The fraction of sp³-hybridized carbons (Fsp3) is 0.304. The lowest BCUT2D eigenvalue weighted by Crippen LogP contribution is -2.30. The van der Waals surface area contributed by atoms with E-state index < -0.39 is 10.3 Å². The molecule has 0 amide bonds. The van der Waals surface area contributed by atoms with Crippen molar-refractivity contribution < 1.29 is 17.3 Å². The zero-order valence-electron chi connectivity index (χ0n) is 19.7. The molecule has 2 aromatic carbocycles. The molecule has 3 rings (SSSR count). The van der Waals surface area contributed by atoms with E-state index in [9.17, 15) is 8.42 Å². The first-order chi connectivity index (χ1) is 16.2. The Morgan fingerprint density at radius 2 is 1.76 bits per heavy atom. The Morgan fingerprint density at radius 1 is 1.09 bits per heavy atom. The molecule has 1 aromatic heterocycles. The maximum absolute atomic E-state index is 12.8. The molecule has 0 atom stereocenters. The van der Waals surface area contributed by atoms with Gasteiger partial charge < -0.3 is 25.7 Å². The van der Waals surface area contributed by atoms with Crippen LogP contribution in [-0.4, -0.2) is 49.9 Å². The van der Waals surface area contributed by atoms with Gasteiger partial charge in [-0.2, -0.15) is 17.7 Å². The van der Waals surface area contributed by atoms with E-state index in [0.29, 0.717) is 35.5 Å². The quantitative estimate of drug-likeness (QED) is 0.394. The molecule has 0 aliphatic heterocycles. The fourth-order valence-electron chi connectivity index (χ4n) is 3.29. The normalized spacial score (nSPS) is 11.4. The molecule has 1 heterocycles. The summed E-state index contributed by atoms with van der Waals surface area (Å²) in [7, 11) is -0.764. The van der Waals surface area contributed by atoms with E-state index in [2.05, 4.69) is 15.3 Å². The van der Waals surface area contributed by atoms with E-state index >= 15 is 0 Å². The average Bonchev–Trinajstić information content (AvgIpc) is 2.80. The minimum absolute atomic E-state index is 0.0781. The second kappa shape index (κ2) is 10.6. The minimum Gasteiger partial charge on any atom is -0.493 e. The molecule has 0 spiro atoms. The molecule has 0 fully saturated rings. The van der Waals surface area contributed by atoms with Crippen molar-refractivity contribution in [3.63, 3.8) is 0 Å². The van der Waals surface area contributed by atoms with Gasteiger partial charge >= 0.3 is 10.3 Å². The molecule has 0 bridgehead atoms. The van der Waals surface area contributed by atoms with Crippen molar-refractivity contribution in [1.29, 1.82) is 0 Å². The van der Waals surface area contributed by atoms with Gasteiger partial charge in [0.15, 0.2) is 5.75 Å². The molecule has 0 unspecified atom stereocenters. The van der Waals surface area contributed by atoms with Crippen LogP contribution in [0.4, 0.5) is 17.5 Å². The molecule has 10 nitrogen and oxygen atoms in total. The average molecular weight is 487 g/mol. The van der Waals surface area contributed by atoms with Gasteiger partial charge in [-0.05, 0) is 42.3 Å². The van der Waals surface area contributed by atoms with Crippen molar-refractivity contribution in [3.05, 3.63) is 53.7 Å². The van der Waals surface area contributed by atoms with Crippen LogP contribution in [0.1, 0.15) is 25.0 Å². The number of nitrogens with zero attached hydrogens (tertiary/aromatic N) is 3. The number of hydrogen-bond acceptors (Lipinski definition) is 9. The Hall–Kier alpha value is -3.57. The minimum atomic E-state index is -4.04. The monoisotopic (exact) mass is 486 g/mol. The van der Waals surface area contributed by atoms with E-state index in [4.69, 9.17) is 20.4 Å². The van der Waals surface area contributed by atoms with Crippen LogP contribution in [0.25, 0.3) is 11.1 Å². The summed E-state index contributed by atoms with van der Waals surface area (Å²) in [6.07, 6.45) is 1.87. The first kappa shape index (κ1) is 25.1. The van der Waals surface area contributed by atoms with Gasteiger partial charge in [0, 0.05) is 44.5 Å². The van der Waals surface area contributed by atoms with Crippen LogP contribution in [0, 0.1) is 0 Å². The molecule has 0 radical (unpaired) electrons. The van der Waals surface area contributed by atoms with Crippen molar-refractivity contribution in [3.8, 4) is 22.6 Å². The number of nitrogens with two attached hydrogens (primary N) is 2. The number of rotatable bonds is 10. The maximum Gasteiger partial charge on any atom is 0.384 e. The second-order valence-corrected chi connectivity index (χ2v) is 9.14. The third-order valence-electron chi connectivity index (χ3n) is 5.22. The molecule has 0 aliphatic rings. The van der Waals surface area contributed by atoms with E-state index in [1.54, 1.807) is 19.2 Å². The SMILES string of the molecule is CCOc1cc(Cc2cnc(N)nc2N)cc(OS(=O)(=O)N(C)CC)c1-c1ccc(NC)cc1. The Bertz CT molecular complexity index is 1250. The summed E-state index contributed by atoms with van der Waals surface area (Å²) < 4.78 is 38.4. The molecular weight excluding hydrogens is 456 g/mol. The van der Waals surface area contributed by atoms with Gasteiger partial charge in [0.1, 0.15) is 11.6 Å². The van der Waals surface area contributed by atoms with E-state index in [1.165, 1.54) is 7.05 Å². The Labute approximate surface area is 200 Å². The highest BCUT2D eigenvalue weighted by atomic mass is 32.2. The standard InChI is InChI=1S/C23H30N6O4S/c1-5-29(4)34(30,31)33-20-13-15(11-17-14-27-23(25)28-22(17)24)12-19(32-6-2)21(20)16-7-9-18(26-3)10-8-16/h7-10,12-14,26H,5-6,11H2,1-4H3,(H4,24,25,27,28). The zero-order valence-corrected chi connectivity index (χ0v) is 20.5. The van der Waals surface area contributed by atoms with Crippen molar-refractivity contribution in [2.75, 3.05) is 44.0 Å². The third kappa shape index (κ3) is 5.67. The maximum atomic E-state index is 12.8. The number of ether oxygens (including phenoxy) is 1. The summed E-state index contributed by atoms with van der Waals surface area (Å²) in [5.74, 6) is 0.956. The number of nitrogen functional groups attached to an aromatic ring is 2. The zero-order chi connectivity index (χ0) is 24.9.